The summed E-state index contributed by atoms with van der Waals surface area (Å²) in [4.78, 5) is 7.82. The fourth-order valence-electron chi connectivity index (χ4n) is 1.59. The van der Waals surface area contributed by atoms with E-state index in [1.54, 1.807) is 11.3 Å². The van der Waals surface area contributed by atoms with Crippen LogP contribution in [0.3, 0.4) is 0 Å². The maximum Gasteiger partial charge on any atom is 0.186 e. The van der Waals surface area contributed by atoms with Crippen LogP contribution in [0, 0.1) is 12.8 Å². The van der Waals surface area contributed by atoms with Gasteiger partial charge in [-0.05, 0) is 26.7 Å². The number of hydrogen-bond donors (Lipinski definition) is 1. The number of aliphatic hydroxyl groups is 1. The molecule has 1 N–H and O–H groups in total. The lowest BCUT2D eigenvalue weighted by atomic mass is 10.2. The second kappa shape index (κ2) is 5.64. The second-order valence-corrected chi connectivity index (χ2v) is 5.87. The van der Waals surface area contributed by atoms with Gasteiger partial charge in [0.1, 0.15) is 0 Å². The van der Waals surface area contributed by atoms with Crippen molar-refractivity contribution in [2.45, 2.75) is 47.3 Å². The summed E-state index contributed by atoms with van der Waals surface area (Å²) in [5.74, 6) is 0.615. The Balaban J connectivity index is 2.92. The molecule has 0 unspecified atom stereocenters. The van der Waals surface area contributed by atoms with Crippen molar-refractivity contribution < 1.29 is 5.11 Å². The van der Waals surface area contributed by atoms with E-state index in [0.29, 0.717) is 12.0 Å². The lowest BCUT2D eigenvalue weighted by Gasteiger charge is -2.27. The fraction of sp³-hybridized carbons (Fsp3) is 0.750. The maximum absolute atomic E-state index is 9.19. The number of nitrogens with zero attached hydrogens (tertiary/aromatic N) is 2. The Morgan fingerprint density at radius 2 is 1.94 bits per heavy atom. The minimum atomic E-state index is 0.0944. The molecule has 4 heteroatoms. The van der Waals surface area contributed by atoms with Crippen molar-refractivity contribution >= 4 is 16.5 Å². The van der Waals surface area contributed by atoms with Crippen molar-refractivity contribution in [2.75, 3.05) is 11.4 Å². The molecule has 0 aliphatic carbocycles. The first kappa shape index (κ1) is 13.5. The van der Waals surface area contributed by atoms with Gasteiger partial charge in [-0.1, -0.05) is 25.2 Å². The Morgan fingerprint density at radius 1 is 1.31 bits per heavy atom. The topological polar surface area (TPSA) is 36.4 Å². The largest absolute Gasteiger partial charge is 0.391 e. The van der Waals surface area contributed by atoms with Crippen molar-refractivity contribution in [1.29, 1.82) is 0 Å². The molecule has 0 fully saturated rings. The van der Waals surface area contributed by atoms with Crippen LogP contribution in [0.1, 0.15) is 38.3 Å². The van der Waals surface area contributed by atoms with Crippen LogP contribution >= 0.6 is 11.3 Å². The van der Waals surface area contributed by atoms with Crippen LogP contribution in [0.2, 0.25) is 0 Å². The van der Waals surface area contributed by atoms with Crippen LogP contribution in [-0.4, -0.2) is 22.7 Å². The van der Waals surface area contributed by atoms with Gasteiger partial charge in [-0.2, -0.15) is 0 Å². The maximum atomic E-state index is 9.19. The molecule has 0 aliphatic rings. The molecule has 1 heterocycles. The third-order valence-corrected chi connectivity index (χ3v) is 3.64. The lowest BCUT2D eigenvalue weighted by molar-refractivity contribution is 0.284. The summed E-state index contributed by atoms with van der Waals surface area (Å²) in [5, 5.41) is 10.2. The van der Waals surface area contributed by atoms with Crippen molar-refractivity contribution in [1.82, 2.24) is 4.98 Å². The molecule has 1 aromatic heterocycles. The zero-order valence-corrected chi connectivity index (χ0v) is 11.6. The monoisotopic (exact) mass is 242 g/mol. The molecular formula is C12H22N2OS. The van der Waals surface area contributed by atoms with Crippen molar-refractivity contribution in [3.8, 4) is 0 Å². The van der Waals surface area contributed by atoms with Crippen LogP contribution in [0.4, 0.5) is 5.13 Å². The van der Waals surface area contributed by atoms with E-state index < -0.39 is 0 Å². The first-order chi connectivity index (χ1) is 7.45. The predicted octanol–water partition coefficient (Wildman–Crippen LogP) is 2.81. The minimum absolute atomic E-state index is 0.0944. The molecule has 0 spiro atoms. The predicted molar refractivity (Wildman–Crippen MR) is 70.1 cm³/mol. The molecule has 1 aromatic rings. The zero-order valence-electron chi connectivity index (χ0n) is 10.8. The van der Waals surface area contributed by atoms with Gasteiger partial charge in [0.05, 0.1) is 17.2 Å². The molecule has 0 bridgehead atoms. The van der Waals surface area contributed by atoms with E-state index in [4.69, 9.17) is 0 Å². The summed E-state index contributed by atoms with van der Waals surface area (Å²) < 4.78 is 0. The van der Waals surface area contributed by atoms with Gasteiger partial charge >= 0.3 is 0 Å². The highest BCUT2D eigenvalue weighted by atomic mass is 32.1. The van der Waals surface area contributed by atoms with E-state index in [9.17, 15) is 5.11 Å². The molecule has 0 atom stereocenters. The summed E-state index contributed by atoms with van der Waals surface area (Å²) in [6.07, 6.45) is 0. The highest BCUT2D eigenvalue weighted by Gasteiger charge is 2.17. The highest BCUT2D eigenvalue weighted by Crippen LogP contribution is 2.28. The van der Waals surface area contributed by atoms with Gasteiger partial charge in [0.15, 0.2) is 5.13 Å². The Hall–Kier alpha value is -0.610. The number of rotatable bonds is 5. The van der Waals surface area contributed by atoms with Crippen molar-refractivity contribution in [2.24, 2.45) is 5.92 Å². The van der Waals surface area contributed by atoms with Gasteiger partial charge in [-0.25, -0.2) is 4.98 Å². The first-order valence-electron chi connectivity index (χ1n) is 5.79. The average Bonchev–Trinajstić information content (AvgIpc) is 2.55. The standard InChI is InChI=1S/C12H22N2OS/c1-8(2)6-14(9(3)4)12-13-10(5)11(7-15)16-12/h8-9,15H,6-7H2,1-5H3. The Labute approximate surface area is 102 Å². The van der Waals surface area contributed by atoms with Crippen LogP contribution in [0.15, 0.2) is 0 Å². The first-order valence-corrected chi connectivity index (χ1v) is 6.61. The van der Waals surface area contributed by atoms with Gasteiger partial charge in [0, 0.05) is 12.6 Å². The van der Waals surface area contributed by atoms with Crippen LogP contribution in [0.5, 0.6) is 0 Å². The van der Waals surface area contributed by atoms with Crippen LogP contribution in [0.25, 0.3) is 0 Å². The average molecular weight is 242 g/mol. The molecule has 0 amide bonds. The number of hydrogen-bond acceptors (Lipinski definition) is 4. The summed E-state index contributed by atoms with van der Waals surface area (Å²) in [7, 11) is 0. The molecule has 92 valence electrons. The van der Waals surface area contributed by atoms with E-state index in [2.05, 4.69) is 37.6 Å². The molecule has 16 heavy (non-hydrogen) atoms. The van der Waals surface area contributed by atoms with E-state index in [0.717, 1.165) is 22.2 Å². The summed E-state index contributed by atoms with van der Waals surface area (Å²) in [6, 6.07) is 0.444. The number of aryl methyl sites for hydroxylation is 1. The summed E-state index contributed by atoms with van der Waals surface area (Å²) in [5.41, 5.74) is 0.955. The third kappa shape index (κ3) is 3.19. The van der Waals surface area contributed by atoms with Gasteiger partial charge in [-0.3, -0.25) is 0 Å². The molecular weight excluding hydrogens is 220 g/mol. The Bertz CT molecular complexity index is 334. The van der Waals surface area contributed by atoms with Gasteiger partial charge in [0.2, 0.25) is 0 Å². The Kier molecular flexibility index (Phi) is 4.74. The number of aliphatic hydroxyl groups excluding tert-OH is 1. The highest BCUT2D eigenvalue weighted by molar-refractivity contribution is 7.15. The molecule has 3 nitrogen and oxygen atoms in total. The number of thiazole rings is 1. The number of anilines is 1. The summed E-state index contributed by atoms with van der Waals surface area (Å²) >= 11 is 1.60. The molecule has 0 aromatic carbocycles. The van der Waals surface area contributed by atoms with Crippen molar-refractivity contribution in [3.05, 3.63) is 10.6 Å². The van der Waals surface area contributed by atoms with Crippen LogP contribution < -0.4 is 4.90 Å². The van der Waals surface area contributed by atoms with Crippen molar-refractivity contribution in [3.63, 3.8) is 0 Å². The zero-order chi connectivity index (χ0) is 12.3. The number of aromatic nitrogens is 1. The van der Waals surface area contributed by atoms with Gasteiger partial charge in [0.25, 0.3) is 0 Å². The van der Waals surface area contributed by atoms with E-state index >= 15 is 0 Å². The molecule has 0 radical (unpaired) electrons. The molecule has 0 aliphatic heterocycles. The SMILES string of the molecule is Cc1nc(N(CC(C)C)C(C)C)sc1CO. The fourth-order valence-corrected chi connectivity index (χ4v) is 2.65. The van der Waals surface area contributed by atoms with E-state index in [1.807, 2.05) is 6.92 Å². The van der Waals surface area contributed by atoms with Gasteiger partial charge < -0.3 is 10.0 Å². The molecule has 1 rings (SSSR count). The lowest BCUT2D eigenvalue weighted by Crippen LogP contribution is -2.34. The van der Waals surface area contributed by atoms with E-state index in [1.165, 1.54) is 0 Å². The molecule has 0 saturated carbocycles. The molecule has 0 saturated heterocycles. The normalized spacial score (nSPS) is 11.5. The Morgan fingerprint density at radius 3 is 2.31 bits per heavy atom. The summed E-state index contributed by atoms with van der Waals surface area (Å²) in [6.45, 7) is 11.8. The van der Waals surface area contributed by atoms with Gasteiger partial charge in [-0.15, -0.1) is 0 Å². The third-order valence-electron chi connectivity index (χ3n) is 2.46. The minimum Gasteiger partial charge on any atom is -0.391 e. The smallest absolute Gasteiger partial charge is 0.186 e. The second-order valence-electron chi connectivity index (χ2n) is 4.80. The van der Waals surface area contributed by atoms with E-state index in [-0.39, 0.29) is 6.61 Å². The quantitative estimate of drug-likeness (QED) is 0.862. The van der Waals surface area contributed by atoms with Crippen LogP contribution in [-0.2, 0) is 6.61 Å².